The molecule has 0 unspecified atom stereocenters. The van der Waals surface area contributed by atoms with Crippen molar-refractivity contribution >= 4 is 11.6 Å². The van der Waals surface area contributed by atoms with Crippen LogP contribution in [0.1, 0.15) is 37.0 Å². The van der Waals surface area contributed by atoms with Crippen LogP contribution < -0.4 is 10.2 Å². The van der Waals surface area contributed by atoms with E-state index >= 15 is 0 Å². The average Bonchev–Trinajstić information content (AvgIpc) is 2.93. The third kappa shape index (κ3) is 2.71. The molecule has 0 atom stereocenters. The van der Waals surface area contributed by atoms with Crippen LogP contribution in [0.2, 0.25) is 0 Å². The largest absolute Gasteiger partial charge is 0.370 e. The highest BCUT2D eigenvalue weighted by Gasteiger charge is 2.23. The highest BCUT2D eigenvalue weighted by atomic mass is 15.2. The van der Waals surface area contributed by atoms with Gasteiger partial charge in [-0.05, 0) is 24.5 Å². The smallest absolute Gasteiger partial charge is 0.137 e. The van der Waals surface area contributed by atoms with Gasteiger partial charge in [-0.25, -0.2) is 9.97 Å². The van der Waals surface area contributed by atoms with Crippen LogP contribution in [0.4, 0.5) is 11.6 Å². The van der Waals surface area contributed by atoms with E-state index in [0.717, 1.165) is 44.1 Å². The van der Waals surface area contributed by atoms with Crippen LogP contribution in [0.3, 0.4) is 0 Å². The predicted octanol–water partition coefficient (Wildman–Crippen LogP) is 3.38. The predicted molar refractivity (Wildman–Crippen MR) is 86.5 cm³/mol. The van der Waals surface area contributed by atoms with Crippen LogP contribution in [0.25, 0.3) is 0 Å². The number of benzene rings is 1. The van der Waals surface area contributed by atoms with Crippen LogP contribution in [-0.2, 0) is 19.5 Å². The summed E-state index contributed by atoms with van der Waals surface area (Å²) in [5.74, 6) is 2.07. The van der Waals surface area contributed by atoms with Gasteiger partial charge in [0.1, 0.15) is 18.0 Å². The molecular formula is C17H22N4. The van der Waals surface area contributed by atoms with E-state index in [4.69, 9.17) is 0 Å². The van der Waals surface area contributed by atoms with Gasteiger partial charge in [-0.1, -0.05) is 37.6 Å². The number of hydrogen-bond donors (Lipinski definition) is 1. The number of nitrogens with zero attached hydrogens (tertiary/aromatic N) is 3. The van der Waals surface area contributed by atoms with Gasteiger partial charge in [0.15, 0.2) is 0 Å². The van der Waals surface area contributed by atoms with Gasteiger partial charge >= 0.3 is 0 Å². The Labute approximate surface area is 126 Å². The maximum absolute atomic E-state index is 4.58. The molecule has 110 valence electrons. The van der Waals surface area contributed by atoms with Crippen molar-refractivity contribution < 1.29 is 0 Å². The SMILES string of the molecule is CCCc1c(NCC)ncnc1N1Cc2ccccc2C1. The van der Waals surface area contributed by atoms with Crippen molar-refractivity contribution in [2.75, 3.05) is 16.8 Å². The second kappa shape index (κ2) is 6.12. The zero-order valence-electron chi connectivity index (χ0n) is 12.8. The molecule has 21 heavy (non-hydrogen) atoms. The van der Waals surface area contributed by atoms with Crippen molar-refractivity contribution in [1.29, 1.82) is 0 Å². The summed E-state index contributed by atoms with van der Waals surface area (Å²) in [5, 5.41) is 3.37. The monoisotopic (exact) mass is 282 g/mol. The number of aromatic nitrogens is 2. The fourth-order valence-corrected chi connectivity index (χ4v) is 2.96. The Morgan fingerprint density at radius 3 is 2.43 bits per heavy atom. The normalized spacial score (nSPS) is 13.3. The first-order chi connectivity index (χ1) is 10.3. The summed E-state index contributed by atoms with van der Waals surface area (Å²) in [5.41, 5.74) is 4.06. The maximum Gasteiger partial charge on any atom is 0.137 e. The number of fused-ring (bicyclic) bond motifs is 1. The molecule has 0 radical (unpaired) electrons. The van der Waals surface area contributed by atoms with E-state index in [1.54, 1.807) is 6.33 Å². The molecule has 3 rings (SSSR count). The van der Waals surface area contributed by atoms with Crippen molar-refractivity contribution in [2.24, 2.45) is 0 Å². The third-order valence-electron chi connectivity index (χ3n) is 3.91. The first-order valence-electron chi connectivity index (χ1n) is 7.73. The summed E-state index contributed by atoms with van der Waals surface area (Å²) in [6, 6.07) is 8.64. The van der Waals surface area contributed by atoms with E-state index < -0.39 is 0 Å². The number of anilines is 2. The second-order valence-corrected chi connectivity index (χ2v) is 5.43. The highest BCUT2D eigenvalue weighted by molar-refractivity contribution is 5.60. The van der Waals surface area contributed by atoms with E-state index in [1.165, 1.54) is 16.7 Å². The molecule has 4 nitrogen and oxygen atoms in total. The summed E-state index contributed by atoms with van der Waals surface area (Å²) < 4.78 is 0. The molecule has 1 aliphatic heterocycles. The number of rotatable bonds is 5. The van der Waals surface area contributed by atoms with Gasteiger partial charge in [0.25, 0.3) is 0 Å². The maximum atomic E-state index is 4.58. The van der Waals surface area contributed by atoms with E-state index in [-0.39, 0.29) is 0 Å². The van der Waals surface area contributed by atoms with Gasteiger partial charge in [-0.2, -0.15) is 0 Å². The lowest BCUT2D eigenvalue weighted by atomic mass is 10.1. The molecule has 4 heteroatoms. The topological polar surface area (TPSA) is 41.1 Å². The van der Waals surface area contributed by atoms with Crippen molar-refractivity contribution in [3.05, 3.63) is 47.3 Å². The fourth-order valence-electron chi connectivity index (χ4n) is 2.96. The Morgan fingerprint density at radius 2 is 1.81 bits per heavy atom. The molecule has 0 bridgehead atoms. The molecule has 0 saturated heterocycles. The van der Waals surface area contributed by atoms with Gasteiger partial charge < -0.3 is 10.2 Å². The zero-order chi connectivity index (χ0) is 14.7. The molecule has 0 amide bonds. The first-order valence-corrected chi connectivity index (χ1v) is 7.73. The van der Waals surface area contributed by atoms with Gasteiger partial charge in [0, 0.05) is 25.2 Å². The van der Waals surface area contributed by atoms with Crippen LogP contribution in [0.15, 0.2) is 30.6 Å². The molecule has 0 fully saturated rings. The lowest BCUT2D eigenvalue weighted by molar-refractivity contribution is 0.816. The summed E-state index contributed by atoms with van der Waals surface area (Å²) in [4.78, 5) is 11.4. The van der Waals surface area contributed by atoms with Gasteiger partial charge in [-0.15, -0.1) is 0 Å². The Bertz CT molecular complexity index is 599. The first kappa shape index (κ1) is 13.9. The van der Waals surface area contributed by atoms with Crippen molar-refractivity contribution in [2.45, 2.75) is 39.8 Å². The van der Waals surface area contributed by atoms with Crippen molar-refractivity contribution in [3.63, 3.8) is 0 Å². The molecule has 2 heterocycles. The van der Waals surface area contributed by atoms with Crippen LogP contribution >= 0.6 is 0 Å². The average molecular weight is 282 g/mol. The lowest BCUT2D eigenvalue weighted by Gasteiger charge is -2.21. The van der Waals surface area contributed by atoms with Crippen LogP contribution in [-0.4, -0.2) is 16.5 Å². The molecule has 0 aliphatic carbocycles. The molecule has 0 spiro atoms. The zero-order valence-corrected chi connectivity index (χ0v) is 12.8. The number of hydrogen-bond acceptors (Lipinski definition) is 4. The second-order valence-electron chi connectivity index (χ2n) is 5.43. The van der Waals surface area contributed by atoms with E-state index in [9.17, 15) is 0 Å². The fraction of sp³-hybridized carbons (Fsp3) is 0.412. The Morgan fingerprint density at radius 1 is 1.10 bits per heavy atom. The molecule has 1 aromatic carbocycles. The minimum absolute atomic E-state index is 0.882. The lowest BCUT2D eigenvalue weighted by Crippen LogP contribution is -2.19. The molecule has 1 aromatic heterocycles. The summed E-state index contributed by atoms with van der Waals surface area (Å²) in [7, 11) is 0. The highest BCUT2D eigenvalue weighted by Crippen LogP contribution is 2.31. The minimum Gasteiger partial charge on any atom is -0.370 e. The minimum atomic E-state index is 0.882. The molecular weight excluding hydrogens is 260 g/mol. The standard InChI is InChI=1S/C17H22N4/c1-3-7-15-16(18-4-2)19-12-20-17(15)21-10-13-8-5-6-9-14(13)11-21/h5-6,8-9,12H,3-4,7,10-11H2,1-2H3,(H,18,19,20). The quantitative estimate of drug-likeness (QED) is 0.912. The van der Waals surface area contributed by atoms with Gasteiger partial charge in [0.05, 0.1) is 0 Å². The molecule has 1 N–H and O–H groups in total. The summed E-state index contributed by atoms with van der Waals surface area (Å²) in [6.45, 7) is 7.06. The molecule has 2 aromatic rings. The van der Waals surface area contributed by atoms with Crippen LogP contribution in [0.5, 0.6) is 0 Å². The van der Waals surface area contributed by atoms with E-state index in [0.29, 0.717) is 0 Å². The number of nitrogens with one attached hydrogen (secondary N) is 1. The van der Waals surface area contributed by atoms with Gasteiger partial charge in [-0.3, -0.25) is 0 Å². The van der Waals surface area contributed by atoms with E-state index in [1.807, 2.05) is 0 Å². The summed E-state index contributed by atoms with van der Waals surface area (Å²) >= 11 is 0. The Hall–Kier alpha value is -2.10. The van der Waals surface area contributed by atoms with Gasteiger partial charge in [0.2, 0.25) is 0 Å². The van der Waals surface area contributed by atoms with E-state index in [2.05, 4.69) is 58.3 Å². The Balaban J connectivity index is 1.94. The molecule has 0 saturated carbocycles. The molecule has 1 aliphatic rings. The van der Waals surface area contributed by atoms with Crippen molar-refractivity contribution in [3.8, 4) is 0 Å². The Kier molecular flexibility index (Phi) is 4.04. The van der Waals surface area contributed by atoms with Crippen molar-refractivity contribution in [1.82, 2.24) is 9.97 Å². The third-order valence-corrected chi connectivity index (χ3v) is 3.91. The van der Waals surface area contributed by atoms with Crippen LogP contribution in [0, 0.1) is 0 Å². The summed E-state index contributed by atoms with van der Waals surface area (Å²) in [6.07, 6.45) is 3.78.